The van der Waals surface area contributed by atoms with Gasteiger partial charge < -0.3 is 19.5 Å². The Kier molecular flexibility index (Phi) is 9.96. The van der Waals surface area contributed by atoms with E-state index in [1.807, 2.05) is 19.9 Å². The lowest BCUT2D eigenvalue weighted by Crippen LogP contribution is -2.37. The van der Waals surface area contributed by atoms with Crippen molar-refractivity contribution in [3.05, 3.63) is 23.8 Å². The molecule has 1 heterocycles. The van der Waals surface area contributed by atoms with Crippen molar-refractivity contribution in [1.29, 1.82) is 0 Å². The molecule has 172 valence electrons. The van der Waals surface area contributed by atoms with Crippen molar-refractivity contribution in [3.8, 4) is 11.5 Å². The second-order valence-corrected chi connectivity index (χ2v) is 10.2. The molecule has 1 aromatic rings. The van der Waals surface area contributed by atoms with E-state index in [0.29, 0.717) is 0 Å². The van der Waals surface area contributed by atoms with Gasteiger partial charge in [-0.2, -0.15) is 0 Å². The lowest BCUT2D eigenvalue weighted by Gasteiger charge is -2.39. The van der Waals surface area contributed by atoms with E-state index < -0.39 is 0 Å². The largest absolute Gasteiger partial charge is 0.493 e. The number of benzene rings is 1. The molecule has 0 radical (unpaired) electrons. The van der Waals surface area contributed by atoms with Crippen LogP contribution in [0.5, 0.6) is 11.5 Å². The van der Waals surface area contributed by atoms with E-state index in [-0.39, 0.29) is 11.7 Å². The molecule has 1 fully saturated rings. The molecule has 1 saturated heterocycles. The van der Waals surface area contributed by atoms with Crippen LogP contribution in [-0.4, -0.2) is 32.0 Å². The van der Waals surface area contributed by atoms with Gasteiger partial charge in [-0.25, -0.2) is 0 Å². The summed E-state index contributed by atoms with van der Waals surface area (Å²) in [5.74, 6) is 3.95. The number of ether oxygens (including phenoxy) is 3. The predicted molar refractivity (Wildman–Crippen MR) is 125 cm³/mol. The third-order valence-corrected chi connectivity index (χ3v) is 6.13. The molecular weight excluding hydrogens is 374 g/mol. The highest BCUT2D eigenvalue weighted by molar-refractivity contribution is 5.43. The zero-order chi connectivity index (χ0) is 22.1. The summed E-state index contributed by atoms with van der Waals surface area (Å²) in [6.07, 6.45) is 6.41. The van der Waals surface area contributed by atoms with Crippen LogP contribution >= 0.6 is 0 Å². The maximum absolute atomic E-state index is 5.97. The van der Waals surface area contributed by atoms with E-state index in [4.69, 9.17) is 14.2 Å². The Morgan fingerprint density at radius 3 is 2.50 bits per heavy atom. The van der Waals surface area contributed by atoms with Crippen LogP contribution in [0, 0.1) is 17.8 Å². The summed E-state index contributed by atoms with van der Waals surface area (Å²) in [7, 11) is 1.70. The van der Waals surface area contributed by atoms with Gasteiger partial charge in [-0.15, -0.1) is 0 Å². The fraction of sp³-hybridized carbons (Fsp3) is 0.769. The summed E-state index contributed by atoms with van der Waals surface area (Å²) in [6, 6.07) is 6.23. The molecule has 0 spiro atoms. The van der Waals surface area contributed by atoms with Crippen molar-refractivity contribution in [1.82, 2.24) is 5.32 Å². The molecule has 0 saturated carbocycles. The third kappa shape index (κ3) is 8.47. The minimum atomic E-state index is 0.0305. The highest BCUT2D eigenvalue weighted by atomic mass is 16.5. The SMILES string of the molecule is COc1cc(CNCC[C@@H](CCC(C)C)[C@@H]2CCOC(C)(C)C2)ccc1OC(C)C. The van der Waals surface area contributed by atoms with Crippen molar-refractivity contribution in [2.24, 2.45) is 17.8 Å². The molecule has 2 rings (SSSR count). The molecule has 1 N–H and O–H groups in total. The standard InChI is InChI=1S/C26H45NO3/c1-19(2)8-10-22(23-13-15-29-26(5,6)17-23)12-14-27-18-21-9-11-24(30-20(3)4)25(16-21)28-7/h9,11,16,19-20,22-23,27H,8,10,12-15,17-18H2,1-7H3/t22-,23-/m1/s1. The molecule has 4 nitrogen and oxygen atoms in total. The average molecular weight is 420 g/mol. The lowest BCUT2D eigenvalue weighted by atomic mass is 9.75. The van der Waals surface area contributed by atoms with Crippen molar-refractivity contribution in [2.75, 3.05) is 20.3 Å². The van der Waals surface area contributed by atoms with Gasteiger partial charge in [0.1, 0.15) is 0 Å². The predicted octanol–water partition coefficient (Wildman–Crippen LogP) is 6.22. The molecule has 0 aliphatic carbocycles. The fourth-order valence-electron chi connectivity index (χ4n) is 4.54. The fourth-order valence-corrected chi connectivity index (χ4v) is 4.54. The van der Waals surface area contributed by atoms with E-state index in [1.54, 1.807) is 7.11 Å². The van der Waals surface area contributed by atoms with Crippen LogP contribution in [0.4, 0.5) is 0 Å². The molecule has 1 aliphatic heterocycles. The van der Waals surface area contributed by atoms with Gasteiger partial charge in [0.2, 0.25) is 0 Å². The molecule has 0 amide bonds. The van der Waals surface area contributed by atoms with Crippen molar-refractivity contribution < 1.29 is 14.2 Å². The van der Waals surface area contributed by atoms with Gasteiger partial charge in [-0.3, -0.25) is 0 Å². The number of nitrogens with one attached hydrogen (secondary N) is 1. The zero-order valence-corrected chi connectivity index (χ0v) is 20.4. The van der Waals surface area contributed by atoms with Gasteiger partial charge in [-0.1, -0.05) is 26.3 Å². The smallest absolute Gasteiger partial charge is 0.161 e. The van der Waals surface area contributed by atoms with Crippen LogP contribution in [0.25, 0.3) is 0 Å². The van der Waals surface area contributed by atoms with Crippen molar-refractivity contribution >= 4 is 0 Å². The van der Waals surface area contributed by atoms with Crippen LogP contribution in [0.3, 0.4) is 0 Å². The average Bonchev–Trinajstić information content (AvgIpc) is 2.66. The lowest BCUT2D eigenvalue weighted by molar-refractivity contribution is -0.0839. The monoisotopic (exact) mass is 419 g/mol. The van der Waals surface area contributed by atoms with Gasteiger partial charge in [0.25, 0.3) is 0 Å². The van der Waals surface area contributed by atoms with E-state index in [9.17, 15) is 0 Å². The Labute approximate surface area is 185 Å². The van der Waals surface area contributed by atoms with Crippen LogP contribution < -0.4 is 14.8 Å². The first-order valence-corrected chi connectivity index (χ1v) is 11.9. The Morgan fingerprint density at radius 2 is 1.87 bits per heavy atom. The summed E-state index contributed by atoms with van der Waals surface area (Å²) in [6.45, 7) is 16.0. The molecule has 0 aromatic heterocycles. The maximum atomic E-state index is 5.97. The summed E-state index contributed by atoms with van der Waals surface area (Å²) < 4.78 is 17.3. The topological polar surface area (TPSA) is 39.7 Å². The Bertz CT molecular complexity index is 627. The molecule has 2 atom stereocenters. The molecular formula is C26H45NO3. The Morgan fingerprint density at radius 1 is 1.10 bits per heavy atom. The van der Waals surface area contributed by atoms with Crippen molar-refractivity contribution in [2.45, 2.75) is 91.9 Å². The quantitative estimate of drug-likeness (QED) is 0.408. The van der Waals surface area contributed by atoms with Crippen LogP contribution in [0.2, 0.25) is 0 Å². The Balaban J connectivity index is 1.88. The minimum absolute atomic E-state index is 0.0305. The second kappa shape index (κ2) is 12.0. The number of hydrogen-bond acceptors (Lipinski definition) is 4. The van der Waals surface area contributed by atoms with E-state index in [2.05, 4.69) is 45.1 Å². The van der Waals surface area contributed by atoms with Crippen molar-refractivity contribution in [3.63, 3.8) is 0 Å². The molecule has 30 heavy (non-hydrogen) atoms. The zero-order valence-electron chi connectivity index (χ0n) is 20.4. The summed E-state index contributed by atoms with van der Waals surface area (Å²) >= 11 is 0. The van der Waals surface area contributed by atoms with Gasteiger partial charge >= 0.3 is 0 Å². The highest BCUT2D eigenvalue weighted by Crippen LogP contribution is 2.37. The molecule has 0 unspecified atom stereocenters. The number of methoxy groups -OCH3 is 1. The molecule has 0 bridgehead atoms. The van der Waals surface area contributed by atoms with E-state index in [1.165, 1.54) is 37.7 Å². The number of hydrogen-bond donors (Lipinski definition) is 1. The van der Waals surface area contributed by atoms with Gasteiger partial charge in [0, 0.05) is 13.2 Å². The van der Waals surface area contributed by atoms with Gasteiger partial charge in [-0.05, 0) is 95.4 Å². The van der Waals surface area contributed by atoms with Crippen LogP contribution in [-0.2, 0) is 11.3 Å². The first-order chi connectivity index (χ1) is 14.2. The molecule has 1 aromatic carbocycles. The first kappa shape index (κ1) is 25.0. The maximum Gasteiger partial charge on any atom is 0.161 e. The molecule has 1 aliphatic rings. The summed E-state index contributed by atoms with van der Waals surface area (Å²) in [4.78, 5) is 0. The van der Waals surface area contributed by atoms with Gasteiger partial charge in [0.15, 0.2) is 11.5 Å². The second-order valence-electron chi connectivity index (χ2n) is 10.2. The van der Waals surface area contributed by atoms with E-state index in [0.717, 1.165) is 48.9 Å². The molecule has 4 heteroatoms. The Hall–Kier alpha value is -1.26. The van der Waals surface area contributed by atoms with Gasteiger partial charge in [0.05, 0.1) is 18.8 Å². The third-order valence-electron chi connectivity index (χ3n) is 6.13. The summed E-state index contributed by atoms with van der Waals surface area (Å²) in [5.41, 5.74) is 1.26. The number of rotatable bonds is 12. The minimum Gasteiger partial charge on any atom is -0.493 e. The highest BCUT2D eigenvalue weighted by Gasteiger charge is 2.33. The van der Waals surface area contributed by atoms with Crippen LogP contribution in [0.1, 0.15) is 79.2 Å². The first-order valence-electron chi connectivity index (χ1n) is 11.9. The normalized spacial score (nSPS) is 19.8. The summed E-state index contributed by atoms with van der Waals surface area (Å²) in [5, 5.41) is 3.66. The van der Waals surface area contributed by atoms with Crippen LogP contribution in [0.15, 0.2) is 18.2 Å². The van der Waals surface area contributed by atoms with E-state index >= 15 is 0 Å².